The van der Waals surface area contributed by atoms with Crippen molar-refractivity contribution < 1.29 is 4.79 Å². The van der Waals surface area contributed by atoms with Crippen LogP contribution in [0.15, 0.2) is 12.3 Å². The van der Waals surface area contributed by atoms with E-state index < -0.39 is 5.91 Å². The van der Waals surface area contributed by atoms with Crippen LogP contribution in [0.4, 0.5) is 0 Å². The predicted molar refractivity (Wildman–Crippen MR) is 19.4 cm³/mol. The number of amides is 1. The zero-order chi connectivity index (χ0) is 4.57. The number of carbonyl (C=O) groups is 1. The number of rotatable bonds is 0. The minimum absolute atomic E-state index is 0.278. The summed E-state index contributed by atoms with van der Waals surface area (Å²) in [6.07, 6.45) is 2.38. The zero-order valence-electron chi connectivity index (χ0n) is 2.92. The van der Waals surface area contributed by atoms with Gasteiger partial charge in [-0.05, 0) is 0 Å². The molecule has 0 N–H and O–H groups in total. The second kappa shape index (κ2) is 0.815. The van der Waals surface area contributed by atoms with Crippen LogP contribution in [0.2, 0.25) is 0 Å². The van der Waals surface area contributed by atoms with Crippen molar-refractivity contribution in [3.8, 4) is 0 Å². The van der Waals surface area contributed by atoms with Crippen molar-refractivity contribution in [1.82, 2.24) is 5.06 Å². The van der Waals surface area contributed by atoms with Gasteiger partial charge in [-0.3, -0.25) is 4.79 Å². The van der Waals surface area contributed by atoms with Crippen LogP contribution in [0.3, 0.4) is 0 Å². The van der Waals surface area contributed by atoms with Gasteiger partial charge in [0.15, 0.2) is 0 Å². The van der Waals surface area contributed by atoms with E-state index in [1.807, 2.05) is 0 Å². The summed E-state index contributed by atoms with van der Waals surface area (Å²) in [6.45, 7) is 0. The second-order valence-corrected chi connectivity index (χ2v) is 0.980. The fourth-order valence-electron chi connectivity index (χ4n) is 0.196. The lowest BCUT2D eigenvalue weighted by atomic mass is 10.4. The van der Waals surface area contributed by atoms with E-state index in [4.69, 9.17) is 0 Å². The summed E-state index contributed by atoms with van der Waals surface area (Å²) < 4.78 is 0. The van der Waals surface area contributed by atoms with E-state index in [9.17, 15) is 10.0 Å². The van der Waals surface area contributed by atoms with E-state index in [1.165, 1.54) is 12.3 Å². The lowest BCUT2D eigenvalue weighted by Crippen LogP contribution is -2.24. The van der Waals surface area contributed by atoms with Gasteiger partial charge in [0.1, 0.15) is 0 Å². The Morgan fingerprint density at radius 1 is 1.83 bits per heavy atom. The Labute approximate surface area is 34.4 Å². The second-order valence-electron chi connectivity index (χ2n) is 0.980. The van der Waals surface area contributed by atoms with Gasteiger partial charge in [-0.15, -0.1) is 0 Å². The maximum Gasteiger partial charge on any atom is 0.241 e. The molecule has 0 aliphatic carbocycles. The fraction of sp³-hybridized carbons (Fsp3) is 0. The summed E-state index contributed by atoms with van der Waals surface area (Å²) in [5.74, 6) is -0.463. The summed E-state index contributed by atoms with van der Waals surface area (Å²) in [5.41, 5.74) is 0. The third-order valence-electron chi connectivity index (χ3n) is 0.570. The van der Waals surface area contributed by atoms with Crippen LogP contribution in [-0.4, -0.2) is 11.0 Å². The molecule has 0 aromatic heterocycles. The summed E-state index contributed by atoms with van der Waals surface area (Å²) in [5, 5.41) is 9.99. The SMILES string of the molecule is O=C1C=CN1[O-]. The van der Waals surface area contributed by atoms with E-state index >= 15 is 0 Å². The molecule has 1 aliphatic rings. The van der Waals surface area contributed by atoms with Crippen LogP contribution in [0.1, 0.15) is 0 Å². The quantitative estimate of drug-likeness (QED) is 0.409. The summed E-state index contributed by atoms with van der Waals surface area (Å²) in [7, 11) is 0. The predicted octanol–water partition coefficient (Wildman–Crippen LogP) is -0.160. The molecule has 0 unspecified atom stereocenters. The lowest BCUT2D eigenvalue weighted by Gasteiger charge is -2.27. The lowest BCUT2D eigenvalue weighted by molar-refractivity contribution is -0.123. The van der Waals surface area contributed by atoms with Crippen molar-refractivity contribution in [2.75, 3.05) is 0 Å². The third kappa shape index (κ3) is 0.224. The Hall–Kier alpha value is -0.830. The van der Waals surface area contributed by atoms with Crippen LogP contribution >= 0.6 is 0 Å². The van der Waals surface area contributed by atoms with Crippen molar-refractivity contribution in [3.63, 3.8) is 0 Å². The van der Waals surface area contributed by atoms with Gasteiger partial charge in [0.05, 0.1) is 0 Å². The molecule has 1 rings (SSSR count). The number of nitrogens with zero attached hydrogens (tertiary/aromatic N) is 1. The average Bonchev–Trinajstić information content (AvgIpc) is 1.61. The third-order valence-corrected chi connectivity index (χ3v) is 0.570. The Morgan fingerprint density at radius 3 is 2.33 bits per heavy atom. The van der Waals surface area contributed by atoms with Gasteiger partial charge in [0.25, 0.3) is 0 Å². The summed E-state index contributed by atoms with van der Waals surface area (Å²) >= 11 is 0. The first kappa shape index (κ1) is 3.36. The number of carbonyl (C=O) groups excluding carboxylic acids is 1. The topological polar surface area (TPSA) is 43.4 Å². The van der Waals surface area contributed by atoms with Gasteiger partial charge >= 0.3 is 0 Å². The van der Waals surface area contributed by atoms with Crippen LogP contribution in [0.25, 0.3) is 0 Å². The van der Waals surface area contributed by atoms with Gasteiger partial charge in [-0.25, -0.2) is 0 Å². The molecule has 1 aliphatic heterocycles. The van der Waals surface area contributed by atoms with Crippen LogP contribution in [0.5, 0.6) is 0 Å². The Bertz CT molecular complexity index is 107. The van der Waals surface area contributed by atoms with Crippen LogP contribution in [0, 0.1) is 5.21 Å². The molecule has 0 aromatic carbocycles. The van der Waals surface area contributed by atoms with Crippen molar-refractivity contribution in [3.05, 3.63) is 17.5 Å². The van der Waals surface area contributed by atoms with Gasteiger partial charge in [0.2, 0.25) is 5.91 Å². The van der Waals surface area contributed by atoms with E-state index in [0.29, 0.717) is 0 Å². The number of hydroxylamine groups is 2. The maximum absolute atomic E-state index is 9.76. The van der Waals surface area contributed by atoms with Crippen molar-refractivity contribution in [2.24, 2.45) is 0 Å². The van der Waals surface area contributed by atoms with Gasteiger partial charge in [-0.2, -0.15) is 0 Å². The summed E-state index contributed by atoms with van der Waals surface area (Å²) in [4.78, 5) is 9.76. The van der Waals surface area contributed by atoms with Crippen LogP contribution in [-0.2, 0) is 4.79 Å². The molecular weight excluding hydrogens is 82.0 g/mol. The molecule has 0 saturated carbocycles. The van der Waals surface area contributed by atoms with Crippen molar-refractivity contribution in [2.45, 2.75) is 0 Å². The van der Waals surface area contributed by atoms with E-state index in [1.54, 1.807) is 0 Å². The highest BCUT2D eigenvalue weighted by atomic mass is 16.5. The molecule has 32 valence electrons. The highest BCUT2D eigenvalue weighted by molar-refractivity contribution is 5.94. The standard InChI is InChI=1S/C3H2NO2/c5-3-1-2-4(3)6/h1-2H/q-1. The monoisotopic (exact) mass is 84.0 g/mol. The minimum Gasteiger partial charge on any atom is -0.752 e. The first-order valence-corrected chi connectivity index (χ1v) is 1.49. The summed E-state index contributed by atoms with van der Waals surface area (Å²) in [6, 6.07) is 0. The zero-order valence-corrected chi connectivity index (χ0v) is 2.92. The average molecular weight is 84.1 g/mol. The van der Waals surface area contributed by atoms with Crippen molar-refractivity contribution >= 4 is 5.91 Å². The minimum atomic E-state index is -0.463. The molecule has 0 fully saturated rings. The van der Waals surface area contributed by atoms with Gasteiger partial charge < -0.3 is 10.3 Å². The molecule has 0 aromatic rings. The molecule has 1 amide bonds. The molecule has 0 bridgehead atoms. The van der Waals surface area contributed by atoms with Gasteiger partial charge in [-0.1, -0.05) is 0 Å². The Morgan fingerprint density at radius 2 is 2.33 bits per heavy atom. The van der Waals surface area contributed by atoms with Crippen molar-refractivity contribution in [1.29, 1.82) is 0 Å². The number of hydrogen-bond donors (Lipinski definition) is 0. The molecule has 0 saturated heterocycles. The molecule has 6 heavy (non-hydrogen) atoms. The highest BCUT2D eigenvalue weighted by Gasteiger charge is 2.01. The molecule has 3 nitrogen and oxygen atoms in total. The van der Waals surface area contributed by atoms with Crippen LogP contribution < -0.4 is 0 Å². The van der Waals surface area contributed by atoms with E-state index in [0.717, 1.165) is 0 Å². The van der Waals surface area contributed by atoms with E-state index in [2.05, 4.69) is 0 Å². The molecule has 0 spiro atoms. The fourth-order valence-corrected chi connectivity index (χ4v) is 0.196. The van der Waals surface area contributed by atoms with Gasteiger partial charge in [0, 0.05) is 12.3 Å². The smallest absolute Gasteiger partial charge is 0.241 e. The largest absolute Gasteiger partial charge is 0.752 e. The molecule has 3 heteroatoms. The van der Waals surface area contributed by atoms with E-state index in [-0.39, 0.29) is 5.06 Å². The maximum atomic E-state index is 9.76. The normalized spacial score (nSPS) is 18.2. The Kier molecular flexibility index (Phi) is 0.457. The Balaban J connectivity index is 2.67. The molecular formula is C3H2NO2-. The molecule has 0 radical (unpaired) electrons. The highest BCUT2D eigenvalue weighted by Crippen LogP contribution is 1.98. The first-order valence-electron chi connectivity index (χ1n) is 1.49. The first-order chi connectivity index (χ1) is 2.80. The number of hydrogen-bond acceptors (Lipinski definition) is 2. The molecule has 1 heterocycles. The molecule has 0 atom stereocenters.